The molecule has 4 rings (SSSR count). The van der Waals surface area contributed by atoms with E-state index in [1.165, 1.54) is 5.56 Å². The molecule has 0 bridgehead atoms. The lowest BCUT2D eigenvalue weighted by Crippen LogP contribution is -2.15. The number of amides is 1. The first-order valence-corrected chi connectivity index (χ1v) is 8.92. The van der Waals surface area contributed by atoms with Crippen molar-refractivity contribution >= 4 is 17.5 Å². The van der Waals surface area contributed by atoms with Gasteiger partial charge in [-0.25, -0.2) is 9.97 Å². The van der Waals surface area contributed by atoms with Gasteiger partial charge < -0.3 is 20.1 Å². The fourth-order valence-electron chi connectivity index (χ4n) is 2.82. The molecule has 7 nitrogen and oxygen atoms in total. The lowest BCUT2D eigenvalue weighted by Gasteiger charge is -2.09. The van der Waals surface area contributed by atoms with Gasteiger partial charge in [0.1, 0.15) is 5.69 Å². The predicted octanol–water partition coefficient (Wildman–Crippen LogP) is 3.69. The SMILES string of the molecule is Cc1ccc(NC(=O)c2ccnc(NCc3ccc4c(c3)OCO4)n2)cc1C. The van der Waals surface area contributed by atoms with E-state index >= 15 is 0 Å². The normalized spacial score (nSPS) is 11.9. The molecular weight excluding hydrogens is 356 g/mol. The molecule has 0 radical (unpaired) electrons. The topological polar surface area (TPSA) is 85.4 Å². The molecule has 1 amide bonds. The first-order valence-electron chi connectivity index (χ1n) is 8.92. The molecule has 0 unspecified atom stereocenters. The molecule has 0 fully saturated rings. The van der Waals surface area contributed by atoms with Crippen LogP contribution in [0.3, 0.4) is 0 Å². The standard InChI is InChI=1S/C21H20N4O3/c1-13-3-5-16(9-14(13)2)24-20(26)17-7-8-22-21(25-17)23-11-15-4-6-18-19(10-15)28-12-27-18/h3-10H,11-12H2,1-2H3,(H,24,26)(H,22,23,25). The summed E-state index contributed by atoms with van der Waals surface area (Å²) in [5, 5.41) is 6.00. The molecule has 1 aliphatic heterocycles. The zero-order valence-electron chi connectivity index (χ0n) is 15.7. The van der Waals surface area contributed by atoms with Crippen molar-refractivity contribution in [2.24, 2.45) is 0 Å². The zero-order valence-corrected chi connectivity index (χ0v) is 15.7. The zero-order chi connectivity index (χ0) is 19.5. The number of anilines is 2. The number of nitrogens with one attached hydrogen (secondary N) is 2. The highest BCUT2D eigenvalue weighted by Crippen LogP contribution is 2.32. The summed E-state index contributed by atoms with van der Waals surface area (Å²) in [6.45, 7) is 4.78. The Bertz CT molecular complexity index is 1040. The number of hydrogen-bond donors (Lipinski definition) is 2. The second-order valence-corrected chi connectivity index (χ2v) is 6.56. The van der Waals surface area contributed by atoms with Crippen molar-refractivity contribution in [3.63, 3.8) is 0 Å². The lowest BCUT2D eigenvalue weighted by molar-refractivity contribution is 0.102. The van der Waals surface area contributed by atoms with Gasteiger partial charge in [-0.15, -0.1) is 0 Å². The molecule has 0 atom stereocenters. The van der Waals surface area contributed by atoms with E-state index < -0.39 is 0 Å². The first-order chi connectivity index (χ1) is 13.6. The van der Waals surface area contributed by atoms with Crippen molar-refractivity contribution in [3.05, 3.63) is 71.0 Å². The molecule has 0 aliphatic carbocycles. The summed E-state index contributed by atoms with van der Waals surface area (Å²) in [6.07, 6.45) is 1.56. The van der Waals surface area contributed by atoms with E-state index in [1.54, 1.807) is 12.3 Å². The van der Waals surface area contributed by atoms with Crippen molar-refractivity contribution in [1.29, 1.82) is 0 Å². The second kappa shape index (κ2) is 7.56. The van der Waals surface area contributed by atoms with E-state index in [4.69, 9.17) is 9.47 Å². The molecule has 7 heteroatoms. The van der Waals surface area contributed by atoms with Gasteiger partial charge in [0.05, 0.1) is 0 Å². The number of nitrogens with zero attached hydrogens (tertiary/aromatic N) is 2. The van der Waals surface area contributed by atoms with E-state index in [2.05, 4.69) is 20.6 Å². The number of aryl methyl sites for hydroxylation is 2. The molecule has 1 aromatic heterocycles. The summed E-state index contributed by atoms with van der Waals surface area (Å²) in [7, 11) is 0. The maximum absolute atomic E-state index is 12.5. The van der Waals surface area contributed by atoms with Crippen LogP contribution in [-0.2, 0) is 6.54 Å². The lowest BCUT2D eigenvalue weighted by atomic mass is 10.1. The Balaban J connectivity index is 1.42. The highest BCUT2D eigenvalue weighted by atomic mass is 16.7. The molecule has 3 aromatic rings. The maximum atomic E-state index is 12.5. The van der Waals surface area contributed by atoms with Crippen LogP contribution in [0.15, 0.2) is 48.7 Å². The number of aromatic nitrogens is 2. The molecule has 0 saturated carbocycles. The van der Waals surface area contributed by atoms with Crippen molar-refractivity contribution in [2.45, 2.75) is 20.4 Å². The summed E-state index contributed by atoms with van der Waals surface area (Å²) in [5.41, 5.74) is 4.32. The molecule has 1 aliphatic rings. The minimum absolute atomic E-state index is 0.243. The van der Waals surface area contributed by atoms with Gasteiger partial charge >= 0.3 is 0 Å². The van der Waals surface area contributed by atoms with Crippen LogP contribution in [0, 0.1) is 13.8 Å². The molecular formula is C21H20N4O3. The van der Waals surface area contributed by atoms with Crippen LogP contribution in [0.5, 0.6) is 11.5 Å². The van der Waals surface area contributed by atoms with E-state index in [0.29, 0.717) is 18.2 Å². The number of benzene rings is 2. The Morgan fingerprint density at radius 3 is 2.75 bits per heavy atom. The summed E-state index contributed by atoms with van der Waals surface area (Å²) >= 11 is 0. The summed E-state index contributed by atoms with van der Waals surface area (Å²) in [5.74, 6) is 1.56. The van der Waals surface area contributed by atoms with Crippen LogP contribution >= 0.6 is 0 Å². The molecule has 0 saturated heterocycles. The van der Waals surface area contributed by atoms with Crippen LogP contribution in [0.2, 0.25) is 0 Å². The number of carbonyl (C=O) groups is 1. The van der Waals surface area contributed by atoms with Crippen molar-refractivity contribution in [1.82, 2.24) is 9.97 Å². The van der Waals surface area contributed by atoms with Crippen molar-refractivity contribution in [2.75, 3.05) is 17.4 Å². The van der Waals surface area contributed by atoms with Crippen LogP contribution < -0.4 is 20.1 Å². The van der Waals surface area contributed by atoms with Crippen LogP contribution in [0.1, 0.15) is 27.2 Å². The summed E-state index contributed by atoms with van der Waals surface area (Å²) < 4.78 is 10.7. The van der Waals surface area contributed by atoms with E-state index in [1.807, 2.05) is 50.2 Å². The first kappa shape index (κ1) is 17.8. The average molecular weight is 376 g/mol. The van der Waals surface area contributed by atoms with Crippen LogP contribution in [0.25, 0.3) is 0 Å². The van der Waals surface area contributed by atoms with Crippen LogP contribution in [-0.4, -0.2) is 22.7 Å². The smallest absolute Gasteiger partial charge is 0.274 e. The van der Waals surface area contributed by atoms with Gasteiger partial charge in [0, 0.05) is 18.4 Å². The van der Waals surface area contributed by atoms with Gasteiger partial charge in [-0.05, 0) is 60.9 Å². The third-order valence-electron chi connectivity index (χ3n) is 4.54. The number of carbonyl (C=O) groups excluding carboxylic acids is 1. The average Bonchev–Trinajstić information content (AvgIpc) is 3.17. The predicted molar refractivity (Wildman–Crippen MR) is 106 cm³/mol. The van der Waals surface area contributed by atoms with Crippen molar-refractivity contribution in [3.8, 4) is 11.5 Å². The van der Waals surface area contributed by atoms with Gasteiger partial charge in [-0.2, -0.15) is 0 Å². The monoisotopic (exact) mass is 376 g/mol. The summed E-state index contributed by atoms with van der Waals surface area (Å²) in [6, 6.07) is 13.1. The quantitative estimate of drug-likeness (QED) is 0.706. The van der Waals surface area contributed by atoms with Gasteiger partial charge in [-0.1, -0.05) is 12.1 Å². The number of ether oxygens (including phenoxy) is 2. The minimum atomic E-state index is -0.281. The highest BCUT2D eigenvalue weighted by molar-refractivity contribution is 6.03. The van der Waals surface area contributed by atoms with Gasteiger partial charge in [0.15, 0.2) is 11.5 Å². The third-order valence-corrected chi connectivity index (χ3v) is 4.54. The Morgan fingerprint density at radius 1 is 1.04 bits per heavy atom. The Morgan fingerprint density at radius 2 is 1.89 bits per heavy atom. The Hall–Kier alpha value is -3.61. The van der Waals surface area contributed by atoms with Crippen molar-refractivity contribution < 1.29 is 14.3 Å². The molecule has 142 valence electrons. The molecule has 28 heavy (non-hydrogen) atoms. The minimum Gasteiger partial charge on any atom is -0.454 e. The van der Waals surface area contributed by atoms with E-state index in [-0.39, 0.29) is 12.7 Å². The van der Waals surface area contributed by atoms with Gasteiger partial charge in [0.2, 0.25) is 12.7 Å². The molecule has 2 heterocycles. The van der Waals surface area contributed by atoms with Gasteiger partial charge in [0.25, 0.3) is 5.91 Å². The van der Waals surface area contributed by atoms with Crippen LogP contribution in [0.4, 0.5) is 11.6 Å². The number of fused-ring (bicyclic) bond motifs is 1. The summed E-state index contributed by atoms with van der Waals surface area (Å²) in [4.78, 5) is 21.0. The largest absolute Gasteiger partial charge is 0.454 e. The maximum Gasteiger partial charge on any atom is 0.274 e. The third kappa shape index (κ3) is 3.88. The van der Waals surface area contributed by atoms with E-state index in [0.717, 1.165) is 28.3 Å². The fourth-order valence-corrected chi connectivity index (χ4v) is 2.82. The van der Waals surface area contributed by atoms with Gasteiger partial charge in [-0.3, -0.25) is 4.79 Å². The second-order valence-electron chi connectivity index (χ2n) is 6.56. The fraction of sp³-hybridized carbons (Fsp3) is 0.190. The molecule has 2 N–H and O–H groups in total. The number of rotatable bonds is 5. The Labute approximate surface area is 162 Å². The highest BCUT2D eigenvalue weighted by Gasteiger charge is 2.14. The van der Waals surface area contributed by atoms with E-state index in [9.17, 15) is 4.79 Å². The number of hydrogen-bond acceptors (Lipinski definition) is 6. The molecule has 2 aromatic carbocycles. The molecule has 0 spiro atoms. The Kier molecular flexibility index (Phi) is 4.80.